The fourth-order valence-electron chi connectivity index (χ4n) is 1.93. The molecule has 0 radical (unpaired) electrons. The predicted molar refractivity (Wildman–Crippen MR) is 73.6 cm³/mol. The zero-order chi connectivity index (χ0) is 12.7. The zero-order valence-corrected chi connectivity index (χ0v) is 10.5. The number of halogens is 1. The van der Waals surface area contributed by atoms with Crippen molar-refractivity contribution in [1.82, 2.24) is 4.98 Å². The van der Waals surface area contributed by atoms with E-state index in [0.717, 1.165) is 16.5 Å². The van der Waals surface area contributed by atoms with Gasteiger partial charge in [-0.05, 0) is 42.8 Å². The van der Waals surface area contributed by atoms with Crippen molar-refractivity contribution in [3.8, 4) is 11.5 Å². The number of aryl methyl sites for hydroxylation is 1. The van der Waals surface area contributed by atoms with Gasteiger partial charge in [0.1, 0.15) is 11.3 Å². The summed E-state index contributed by atoms with van der Waals surface area (Å²) >= 11 is 5.94. The van der Waals surface area contributed by atoms with Gasteiger partial charge >= 0.3 is 0 Å². The lowest BCUT2D eigenvalue weighted by Crippen LogP contribution is -1.93. The highest BCUT2D eigenvalue weighted by Gasteiger charge is 2.10. The van der Waals surface area contributed by atoms with Gasteiger partial charge in [0.15, 0.2) is 5.76 Å². The normalized spacial score (nSPS) is 11.0. The molecule has 0 fully saturated rings. The second-order valence-corrected chi connectivity index (χ2v) is 4.68. The number of anilines is 1. The average molecular weight is 259 g/mol. The third kappa shape index (κ3) is 1.83. The number of benzene rings is 1. The van der Waals surface area contributed by atoms with Crippen LogP contribution in [-0.2, 0) is 0 Å². The van der Waals surface area contributed by atoms with E-state index in [-0.39, 0.29) is 0 Å². The Morgan fingerprint density at radius 1 is 1.22 bits per heavy atom. The van der Waals surface area contributed by atoms with Gasteiger partial charge in [0.25, 0.3) is 0 Å². The van der Waals surface area contributed by atoms with E-state index in [1.807, 2.05) is 31.2 Å². The number of hydrogen-bond acceptors (Lipinski definition) is 3. The summed E-state index contributed by atoms with van der Waals surface area (Å²) in [6.07, 6.45) is 1.77. The maximum atomic E-state index is 5.96. The van der Waals surface area contributed by atoms with Gasteiger partial charge in [-0.3, -0.25) is 4.98 Å². The van der Waals surface area contributed by atoms with E-state index < -0.39 is 0 Å². The summed E-state index contributed by atoms with van der Waals surface area (Å²) in [5.74, 6) is 0.657. The first-order valence-electron chi connectivity index (χ1n) is 5.55. The van der Waals surface area contributed by atoms with E-state index in [0.29, 0.717) is 22.2 Å². The first kappa shape index (κ1) is 11.1. The minimum atomic E-state index is 0.611. The van der Waals surface area contributed by atoms with Gasteiger partial charge in [0.2, 0.25) is 0 Å². The Labute approximate surface area is 109 Å². The number of nitrogen functional groups attached to an aromatic ring is 1. The highest BCUT2D eigenvalue weighted by Crippen LogP contribution is 2.31. The van der Waals surface area contributed by atoms with E-state index in [4.69, 9.17) is 21.8 Å². The smallest absolute Gasteiger partial charge is 0.155 e. The fourth-order valence-corrected chi connectivity index (χ4v) is 2.11. The molecule has 4 heteroatoms. The molecule has 0 saturated heterocycles. The maximum absolute atomic E-state index is 5.96. The third-order valence-electron chi connectivity index (χ3n) is 2.77. The average Bonchev–Trinajstić information content (AvgIpc) is 2.71. The molecule has 0 amide bonds. The highest BCUT2D eigenvalue weighted by molar-refractivity contribution is 6.31. The topological polar surface area (TPSA) is 52.0 Å². The van der Waals surface area contributed by atoms with Crippen molar-refractivity contribution in [2.45, 2.75) is 6.92 Å². The van der Waals surface area contributed by atoms with Gasteiger partial charge in [-0.25, -0.2) is 0 Å². The molecule has 3 rings (SSSR count). The molecular formula is C14H11ClN2O. The summed E-state index contributed by atoms with van der Waals surface area (Å²) in [7, 11) is 0. The van der Waals surface area contributed by atoms with Crippen molar-refractivity contribution in [3.05, 3.63) is 47.1 Å². The van der Waals surface area contributed by atoms with Crippen molar-refractivity contribution in [3.63, 3.8) is 0 Å². The molecule has 0 saturated carbocycles. The van der Waals surface area contributed by atoms with Gasteiger partial charge in [0, 0.05) is 16.6 Å². The quantitative estimate of drug-likeness (QED) is 0.717. The second-order valence-electron chi connectivity index (χ2n) is 4.24. The number of pyridine rings is 1. The molecule has 2 aromatic heterocycles. The molecule has 0 unspecified atom stereocenters. The van der Waals surface area contributed by atoms with E-state index >= 15 is 0 Å². The number of furan rings is 1. The summed E-state index contributed by atoms with van der Waals surface area (Å²) in [5, 5.41) is 1.62. The first-order chi connectivity index (χ1) is 8.63. The standard InChI is InChI=1S/C14H11ClN2O/c1-8-4-11(16)14(17-7-8)13-6-9-5-10(15)2-3-12(9)18-13/h2-7H,16H2,1H3. The third-order valence-corrected chi connectivity index (χ3v) is 3.00. The van der Waals surface area contributed by atoms with Crippen LogP contribution in [0.2, 0.25) is 5.02 Å². The number of hydrogen-bond donors (Lipinski definition) is 1. The molecule has 0 spiro atoms. The van der Waals surface area contributed by atoms with E-state index in [1.54, 1.807) is 12.3 Å². The van der Waals surface area contributed by atoms with Crippen molar-refractivity contribution in [2.24, 2.45) is 0 Å². The zero-order valence-electron chi connectivity index (χ0n) is 9.77. The molecule has 3 nitrogen and oxygen atoms in total. The van der Waals surface area contributed by atoms with Crippen molar-refractivity contribution in [2.75, 3.05) is 5.73 Å². The summed E-state index contributed by atoms with van der Waals surface area (Å²) in [6, 6.07) is 9.26. The SMILES string of the molecule is Cc1cnc(-c2cc3cc(Cl)ccc3o2)c(N)c1. The Hall–Kier alpha value is -2.00. The van der Waals surface area contributed by atoms with Gasteiger partial charge in [-0.15, -0.1) is 0 Å². The van der Waals surface area contributed by atoms with Crippen molar-refractivity contribution >= 4 is 28.3 Å². The molecule has 0 aliphatic carbocycles. The molecule has 0 aliphatic heterocycles. The van der Waals surface area contributed by atoms with Gasteiger partial charge < -0.3 is 10.2 Å². The maximum Gasteiger partial charge on any atom is 0.155 e. The molecule has 18 heavy (non-hydrogen) atoms. The molecule has 2 heterocycles. The Kier molecular flexibility index (Phi) is 2.49. The number of nitrogens with two attached hydrogens (primary N) is 1. The Morgan fingerprint density at radius 3 is 2.83 bits per heavy atom. The number of aromatic nitrogens is 1. The van der Waals surface area contributed by atoms with E-state index in [2.05, 4.69) is 4.98 Å². The van der Waals surface area contributed by atoms with E-state index in [1.165, 1.54) is 0 Å². The van der Waals surface area contributed by atoms with Crippen molar-refractivity contribution < 1.29 is 4.42 Å². The number of fused-ring (bicyclic) bond motifs is 1. The number of nitrogens with zero attached hydrogens (tertiary/aromatic N) is 1. The molecule has 0 bridgehead atoms. The lowest BCUT2D eigenvalue weighted by atomic mass is 10.2. The summed E-state index contributed by atoms with van der Waals surface area (Å²) in [6.45, 7) is 1.95. The summed E-state index contributed by atoms with van der Waals surface area (Å²) < 4.78 is 5.73. The Morgan fingerprint density at radius 2 is 2.06 bits per heavy atom. The molecule has 0 aliphatic rings. The summed E-state index contributed by atoms with van der Waals surface area (Å²) in [4.78, 5) is 4.31. The van der Waals surface area contributed by atoms with Gasteiger partial charge in [-0.1, -0.05) is 11.6 Å². The van der Waals surface area contributed by atoms with Crippen LogP contribution in [0.25, 0.3) is 22.4 Å². The first-order valence-corrected chi connectivity index (χ1v) is 5.93. The van der Waals surface area contributed by atoms with Gasteiger partial charge in [-0.2, -0.15) is 0 Å². The van der Waals surface area contributed by atoms with Crippen LogP contribution in [0.15, 0.2) is 40.9 Å². The van der Waals surface area contributed by atoms with Crippen LogP contribution in [0.5, 0.6) is 0 Å². The lowest BCUT2D eigenvalue weighted by Gasteiger charge is -2.01. The minimum absolute atomic E-state index is 0.611. The molecule has 2 N–H and O–H groups in total. The van der Waals surface area contributed by atoms with Gasteiger partial charge in [0.05, 0.1) is 5.69 Å². The van der Waals surface area contributed by atoms with Crippen LogP contribution < -0.4 is 5.73 Å². The van der Waals surface area contributed by atoms with Crippen molar-refractivity contribution in [1.29, 1.82) is 0 Å². The fraction of sp³-hybridized carbons (Fsp3) is 0.0714. The molecule has 90 valence electrons. The van der Waals surface area contributed by atoms with Crippen LogP contribution in [0, 0.1) is 6.92 Å². The molecule has 3 aromatic rings. The van der Waals surface area contributed by atoms with Crippen LogP contribution in [0.1, 0.15) is 5.56 Å². The monoisotopic (exact) mass is 258 g/mol. The lowest BCUT2D eigenvalue weighted by molar-refractivity contribution is 0.629. The summed E-state index contributed by atoms with van der Waals surface area (Å²) in [5.41, 5.74) is 9.03. The molecule has 1 aromatic carbocycles. The van der Waals surface area contributed by atoms with Crippen LogP contribution in [-0.4, -0.2) is 4.98 Å². The highest BCUT2D eigenvalue weighted by atomic mass is 35.5. The van der Waals surface area contributed by atoms with Crippen LogP contribution in [0.4, 0.5) is 5.69 Å². The Bertz CT molecular complexity index is 734. The molecule has 0 atom stereocenters. The minimum Gasteiger partial charge on any atom is -0.454 e. The van der Waals surface area contributed by atoms with Crippen LogP contribution in [0.3, 0.4) is 0 Å². The molecular weight excluding hydrogens is 248 g/mol. The second kappa shape index (κ2) is 4.03. The van der Waals surface area contributed by atoms with Crippen LogP contribution >= 0.6 is 11.6 Å². The number of rotatable bonds is 1. The Balaban J connectivity index is 2.19. The largest absolute Gasteiger partial charge is 0.454 e. The predicted octanol–water partition coefficient (Wildman–Crippen LogP) is 4.04. The van der Waals surface area contributed by atoms with E-state index in [9.17, 15) is 0 Å².